The SMILES string of the molecule is CC(F)(F)c1cc2c(c(-c3cc(N)on3)c1)OCO2. The van der Waals surface area contributed by atoms with Crippen LogP contribution < -0.4 is 15.2 Å². The predicted molar refractivity (Wildman–Crippen MR) is 62.0 cm³/mol. The number of halogens is 2. The summed E-state index contributed by atoms with van der Waals surface area (Å²) in [7, 11) is 0. The van der Waals surface area contributed by atoms with Gasteiger partial charge >= 0.3 is 0 Å². The van der Waals surface area contributed by atoms with E-state index in [9.17, 15) is 8.78 Å². The average Bonchev–Trinajstić information content (AvgIpc) is 2.94. The van der Waals surface area contributed by atoms with Crippen molar-refractivity contribution in [3.63, 3.8) is 0 Å². The molecule has 1 aliphatic rings. The van der Waals surface area contributed by atoms with Crippen molar-refractivity contribution in [1.29, 1.82) is 0 Å². The van der Waals surface area contributed by atoms with Crippen LogP contribution in [0.25, 0.3) is 11.3 Å². The quantitative estimate of drug-likeness (QED) is 0.906. The van der Waals surface area contributed by atoms with E-state index in [0.29, 0.717) is 17.0 Å². The molecule has 0 aliphatic carbocycles. The van der Waals surface area contributed by atoms with Crippen LogP contribution in [0.4, 0.5) is 14.7 Å². The summed E-state index contributed by atoms with van der Waals surface area (Å²) in [6.45, 7) is 0.792. The molecule has 19 heavy (non-hydrogen) atoms. The van der Waals surface area contributed by atoms with Crippen molar-refractivity contribution in [1.82, 2.24) is 5.16 Å². The number of fused-ring (bicyclic) bond motifs is 1. The average molecular weight is 268 g/mol. The molecule has 100 valence electrons. The van der Waals surface area contributed by atoms with Crippen LogP contribution >= 0.6 is 0 Å². The van der Waals surface area contributed by atoms with E-state index in [2.05, 4.69) is 5.16 Å². The molecule has 0 saturated carbocycles. The zero-order chi connectivity index (χ0) is 13.6. The summed E-state index contributed by atoms with van der Waals surface area (Å²) >= 11 is 0. The van der Waals surface area contributed by atoms with Gasteiger partial charge in [0.05, 0.1) is 5.56 Å². The number of hydrogen-bond donors (Lipinski definition) is 1. The van der Waals surface area contributed by atoms with Crippen LogP contribution in [0.2, 0.25) is 0 Å². The number of alkyl halides is 2. The third kappa shape index (κ3) is 1.96. The van der Waals surface area contributed by atoms with Crippen molar-refractivity contribution in [2.75, 3.05) is 12.5 Å². The van der Waals surface area contributed by atoms with Gasteiger partial charge in [-0.05, 0) is 12.1 Å². The molecule has 0 spiro atoms. The molecule has 2 N–H and O–H groups in total. The smallest absolute Gasteiger partial charge is 0.270 e. The maximum absolute atomic E-state index is 13.5. The number of nitrogen functional groups attached to an aromatic ring is 1. The number of anilines is 1. The molecule has 3 rings (SSSR count). The maximum atomic E-state index is 13.5. The number of benzene rings is 1. The first-order chi connectivity index (χ1) is 8.95. The van der Waals surface area contributed by atoms with Crippen LogP contribution in [0, 0.1) is 0 Å². The highest BCUT2D eigenvalue weighted by Crippen LogP contribution is 2.45. The number of rotatable bonds is 2. The van der Waals surface area contributed by atoms with Crippen molar-refractivity contribution < 1.29 is 22.8 Å². The Morgan fingerprint density at radius 2 is 2.05 bits per heavy atom. The van der Waals surface area contributed by atoms with Crippen LogP contribution in [-0.2, 0) is 5.92 Å². The van der Waals surface area contributed by atoms with Crippen molar-refractivity contribution in [2.45, 2.75) is 12.8 Å². The molecule has 0 radical (unpaired) electrons. The Morgan fingerprint density at radius 3 is 2.68 bits per heavy atom. The normalized spacial score (nSPS) is 13.8. The first-order valence-corrected chi connectivity index (χ1v) is 5.49. The molecule has 1 aromatic carbocycles. The van der Waals surface area contributed by atoms with Crippen molar-refractivity contribution >= 4 is 5.88 Å². The fourth-order valence-corrected chi connectivity index (χ4v) is 1.87. The summed E-state index contributed by atoms with van der Waals surface area (Å²) < 4.78 is 42.1. The number of hydrogen-bond acceptors (Lipinski definition) is 5. The highest BCUT2D eigenvalue weighted by atomic mass is 19.3. The lowest BCUT2D eigenvalue weighted by Crippen LogP contribution is -2.07. The van der Waals surface area contributed by atoms with E-state index < -0.39 is 5.92 Å². The van der Waals surface area contributed by atoms with Gasteiger partial charge in [0.1, 0.15) is 5.69 Å². The minimum Gasteiger partial charge on any atom is -0.454 e. The summed E-state index contributed by atoms with van der Waals surface area (Å²) in [4.78, 5) is 0. The molecule has 0 unspecified atom stereocenters. The van der Waals surface area contributed by atoms with E-state index in [1.807, 2.05) is 0 Å². The van der Waals surface area contributed by atoms with Gasteiger partial charge in [-0.1, -0.05) is 5.16 Å². The lowest BCUT2D eigenvalue weighted by molar-refractivity contribution is 0.0173. The Morgan fingerprint density at radius 1 is 1.26 bits per heavy atom. The molecular weight excluding hydrogens is 258 g/mol. The summed E-state index contributed by atoms with van der Waals surface area (Å²) in [6.07, 6.45) is 0. The van der Waals surface area contributed by atoms with E-state index in [4.69, 9.17) is 19.7 Å². The van der Waals surface area contributed by atoms with Gasteiger partial charge in [0.15, 0.2) is 11.5 Å². The first kappa shape index (κ1) is 11.8. The van der Waals surface area contributed by atoms with Gasteiger partial charge < -0.3 is 19.7 Å². The molecule has 0 atom stereocenters. The van der Waals surface area contributed by atoms with Crippen LogP contribution in [0.5, 0.6) is 11.5 Å². The second-order valence-electron chi connectivity index (χ2n) is 4.26. The van der Waals surface area contributed by atoms with Crippen LogP contribution in [-0.4, -0.2) is 11.9 Å². The lowest BCUT2D eigenvalue weighted by Gasteiger charge is -2.13. The molecule has 1 aromatic heterocycles. The molecular formula is C12H10F2N2O3. The minimum absolute atomic E-state index is 0.0194. The second-order valence-corrected chi connectivity index (χ2v) is 4.26. The van der Waals surface area contributed by atoms with Gasteiger partial charge in [0, 0.05) is 18.6 Å². The summed E-state index contributed by atoms with van der Waals surface area (Å²) in [6, 6.07) is 3.99. The first-order valence-electron chi connectivity index (χ1n) is 5.49. The molecule has 0 amide bonds. The molecule has 5 nitrogen and oxygen atoms in total. The molecule has 7 heteroatoms. The third-order valence-corrected chi connectivity index (χ3v) is 2.78. The maximum Gasteiger partial charge on any atom is 0.270 e. The highest BCUT2D eigenvalue weighted by molar-refractivity contribution is 5.74. The summed E-state index contributed by atoms with van der Waals surface area (Å²) in [5, 5.41) is 3.71. The molecule has 2 aromatic rings. The van der Waals surface area contributed by atoms with Gasteiger partial charge in [0.25, 0.3) is 5.92 Å². The number of nitrogens with zero attached hydrogens (tertiary/aromatic N) is 1. The van der Waals surface area contributed by atoms with E-state index in [0.717, 1.165) is 6.92 Å². The fraction of sp³-hybridized carbons (Fsp3) is 0.250. The van der Waals surface area contributed by atoms with Crippen LogP contribution in [0.3, 0.4) is 0 Å². The molecule has 0 bridgehead atoms. The zero-order valence-corrected chi connectivity index (χ0v) is 9.94. The second kappa shape index (κ2) is 3.84. The number of ether oxygens (including phenoxy) is 2. The Balaban J connectivity index is 2.20. The monoisotopic (exact) mass is 268 g/mol. The van der Waals surface area contributed by atoms with E-state index in [1.54, 1.807) is 0 Å². The lowest BCUT2D eigenvalue weighted by atomic mass is 10.0. The Hall–Kier alpha value is -2.31. The van der Waals surface area contributed by atoms with Crippen molar-refractivity contribution in [2.24, 2.45) is 0 Å². The Labute approximate surface area is 106 Å². The van der Waals surface area contributed by atoms with Gasteiger partial charge in [-0.3, -0.25) is 0 Å². The number of nitrogens with two attached hydrogens (primary N) is 1. The van der Waals surface area contributed by atoms with Crippen LogP contribution in [0.1, 0.15) is 12.5 Å². The Kier molecular flexibility index (Phi) is 2.38. The molecule has 2 heterocycles. The summed E-state index contributed by atoms with van der Waals surface area (Å²) in [5.41, 5.74) is 5.94. The zero-order valence-electron chi connectivity index (χ0n) is 9.94. The van der Waals surface area contributed by atoms with E-state index >= 15 is 0 Å². The Bertz CT molecular complexity index is 634. The minimum atomic E-state index is -3.00. The van der Waals surface area contributed by atoms with Gasteiger partial charge in [-0.2, -0.15) is 0 Å². The predicted octanol–water partition coefficient (Wildman–Crippen LogP) is 2.76. The fourth-order valence-electron chi connectivity index (χ4n) is 1.87. The molecule has 1 aliphatic heterocycles. The molecule has 0 saturated heterocycles. The summed E-state index contributed by atoms with van der Waals surface area (Å²) in [5.74, 6) is -2.28. The van der Waals surface area contributed by atoms with E-state index in [1.165, 1.54) is 18.2 Å². The van der Waals surface area contributed by atoms with Gasteiger partial charge in [-0.25, -0.2) is 8.78 Å². The number of aromatic nitrogens is 1. The third-order valence-electron chi connectivity index (χ3n) is 2.78. The van der Waals surface area contributed by atoms with E-state index in [-0.39, 0.29) is 24.0 Å². The van der Waals surface area contributed by atoms with Gasteiger partial charge in [-0.15, -0.1) is 0 Å². The molecule has 0 fully saturated rings. The van der Waals surface area contributed by atoms with Crippen molar-refractivity contribution in [3.05, 3.63) is 23.8 Å². The van der Waals surface area contributed by atoms with Crippen LogP contribution in [0.15, 0.2) is 22.7 Å². The van der Waals surface area contributed by atoms with Crippen molar-refractivity contribution in [3.8, 4) is 22.8 Å². The topological polar surface area (TPSA) is 70.5 Å². The van der Waals surface area contributed by atoms with Gasteiger partial charge in [0.2, 0.25) is 12.7 Å². The largest absolute Gasteiger partial charge is 0.454 e. The standard InChI is InChI=1S/C12H10F2N2O3/c1-12(13,14)6-2-7(8-4-10(15)19-16-8)11-9(3-6)17-5-18-11/h2-4H,5,15H2,1H3. The highest BCUT2D eigenvalue weighted by Gasteiger charge is 2.30.